The zero-order valence-electron chi connectivity index (χ0n) is 31.0. The van der Waals surface area contributed by atoms with E-state index in [4.69, 9.17) is 21.4 Å². The number of nitrogens with two attached hydrogens (primary N) is 2. The fourth-order valence-corrected chi connectivity index (χ4v) is 8.93. The molecule has 0 bridgehead atoms. The second kappa shape index (κ2) is 13.6. The van der Waals surface area contributed by atoms with Gasteiger partial charge in [-0.2, -0.15) is 0 Å². The predicted molar refractivity (Wildman–Crippen MR) is 246 cm³/mol. The second-order valence-corrected chi connectivity index (χ2v) is 14.7. The Labute approximate surface area is 339 Å². The Morgan fingerprint density at radius 3 is 0.983 bits per heavy atom. The molecule has 4 N–H and O–H groups in total. The van der Waals surface area contributed by atoms with Crippen molar-refractivity contribution >= 4 is 98.6 Å². The molecule has 2 aliphatic carbocycles. The van der Waals surface area contributed by atoms with Crippen LogP contribution in [0.15, 0.2) is 170 Å². The van der Waals surface area contributed by atoms with Gasteiger partial charge in [-0.05, 0) is 32.3 Å². The molecule has 0 radical (unpaired) electrons. The van der Waals surface area contributed by atoms with Crippen LogP contribution in [-0.4, -0.2) is 21.5 Å². The van der Waals surface area contributed by atoms with E-state index in [0.29, 0.717) is 22.5 Å². The van der Waals surface area contributed by atoms with E-state index in [1.807, 2.05) is 48.5 Å². The molecule has 6 nitrogen and oxygen atoms in total. The largest absolute Gasteiger partial charge is 0.397 e. The van der Waals surface area contributed by atoms with Crippen molar-refractivity contribution in [3.8, 4) is 22.5 Å². The highest BCUT2D eigenvalue weighted by molar-refractivity contribution is 6.57. The van der Waals surface area contributed by atoms with Crippen molar-refractivity contribution in [2.45, 2.75) is 7.43 Å². The lowest BCUT2D eigenvalue weighted by Crippen LogP contribution is -2.05. The monoisotopic (exact) mass is 760 g/mol. The van der Waals surface area contributed by atoms with Crippen molar-refractivity contribution in [1.82, 2.24) is 9.97 Å². The van der Waals surface area contributed by atoms with E-state index in [0.717, 1.165) is 65.5 Å². The maximum Gasteiger partial charge on any atom is 0.234 e. The molecular formula is C53H36N4O2. The van der Waals surface area contributed by atoms with E-state index in [1.165, 1.54) is 32.7 Å². The summed E-state index contributed by atoms with van der Waals surface area (Å²) in [5.74, 6) is -0.756. The van der Waals surface area contributed by atoms with E-state index in [9.17, 15) is 9.59 Å². The summed E-state index contributed by atoms with van der Waals surface area (Å²) in [6.07, 6.45) is 0. The van der Waals surface area contributed by atoms with Gasteiger partial charge in [-0.3, -0.25) is 9.59 Å². The number of nitrogen functional groups attached to an aromatic ring is 2. The third-order valence-corrected chi connectivity index (χ3v) is 11.6. The Morgan fingerprint density at radius 2 is 0.610 bits per heavy atom. The lowest BCUT2D eigenvalue weighted by molar-refractivity contribution is 0.0825. The van der Waals surface area contributed by atoms with Gasteiger partial charge in [0, 0.05) is 54.6 Å². The van der Waals surface area contributed by atoms with Crippen molar-refractivity contribution in [1.29, 1.82) is 0 Å². The number of rotatable bonds is 0. The average molecular weight is 761 g/mol. The Hall–Kier alpha value is -7.96. The summed E-state index contributed by atoms with van der Waals surface area (Å²) in [7, 11) is 0. The number of Topliss-reactive ketones (excluding diaryl/α,β-unsaturated/α-hetero) is 2. The zero-order chi connectivity index (χ0) is 39.1. The quantitative estimate of drug-likeness (QED) is 0.0689. The van der Waals surface area contributed by atoms with E-state index >= 15 is 0 Å². The van der Waals surface area contributed by atoms with Gasteiger partial charge in [0.2, 0.25) is 11.6 Å². The van der Waals surface area contributed by atoms with Crippen LogP contribution >= 0.6 is 0 Å². The summed E-state index contributed by atoms with van der Waals surface area (Å²) in [6, 6.07) is 56.9. The smallest absolute Gasteiger partial charge is 0.234 e. The lowest BCUT2D eigenvalue weighted by Gasteiger charge is -2.11. The molecule has 0 aliphatic heterocycles. The first-order valence-corrected chi connectivity index (χ1v) is 19.2. The molecule has 0 saturated heterocycles. The Bertz CT molecular complexity index is 3370. The molecule has 59 heavy (non-hydrogen) atoms. The third-order valence-electron chi connectivity index (χ3n) is 11.6. The van der Waals surface area contributed by atoms with Crippen LogP contribution in [0.2, 0.25) is 0 Å². The lowest BCUT2D eigenvalue weighted by atomic mass is 9.99. The number of hydrogen-bond acceptors (Lipinski definition) is 6. The second-order valence-electron chi connectivity index (χ2n) is 14.7. The molecule has 0 spiro atoms. The van der Waals surface area contributed by atoms with Gasteiger partial charge >= 0.3 is 0 Å². The van der Waals surface area contributed by atoms with Gasteiger partial charge in [0.1, 0.15) is 0 Å². The maximum absolute atomic E-state index is 11.5. The first-order valence-electron chi connectivity index (χ1n) is 19.2. The van der Waals surface area contributed by atoms with Gasteiger partial charge < -0.3 is 11.5 Å². The summed E-state index contributed by atoms with van der Waals surface area (Å²) in [5, 5.41) is 13.4. The van der Waals surface area contributed by atoms with Crippen LogP contribution in [0.5, 0.6) is 0 Å². The van der Waals surface area contributed by atoms with Crippen molar-refractivity contribution in [3.63, 3.8) is 0 Å². The minimum Gasteiger partial charge on any atom is -0.397 e. The van der Waals surface area contributed by atoms with Gasteiger partial charge in [0.05, 0.1) is 33.8 Å². The molecule has 1 aromatic heterocycles. The van der Waals surface area contributed by atoms with E-state index in [2.05, 4.69) is 97.1 Å². The number of hydrogen-bond donors (Lipinski definition) is 2. The summed E-state index contributed by atoms with van der Waals surface area (Å²) in [6.45, 7) is 0. The molecule has 0 atom stereocenters. The standard InChI is InChI=1S/C26H14N2.C14H12N2.C12H6O2.CH4/c1-3-11-18-16(9-1)17-10-2-4-12-19(17)24-23(18)27-25-20-13-5-7-15-8-6-14-21(22(15)20)26(25)28-24;15-13-11-7-3-1-5-9(11)10-6-2-4-8-12(10)14(13)16;13-11-8-5-1-3-7-4-2-6-9(10(7)8)12(11)14;/h1-14H;1-8H,15-16H2;1-6H;1H4. The Morgan fingerprint density at radius 1 is 0.322 bits per heavy atom. The van der Waals surface area contributed by atoms with Crippen LogP contribution in [0, 0.1) is 0 Å². The first kappa shape index (κ1) is 35.5. The van der Waals surface area contributed by atoms with Crippen LogP contribution in [0.3, 0.4) is 0 Å². The summed E-state index contributed by atoms with van der Waals surface area (Å²) < 4.78 is 0. The highest BCUT2D eigenvalue weighted by atomic mass is 16.2. The van der Waals surface area contributed by atoms with Crippen LogP contribution in [0.25, 0.3) is 98.2 Å². The number of ketones is 2. The van der Waals surface area contributed by atoms with Gasteiger partial charge in [0.25, 0.3) is 0 Å². The Balaban J connectivity index is 0.000000116. The number of aromatic nitrogens is 2. The van der Waals surface area contributed by atoms with Gasteiger partial charge in [-0.15, -0.1) is 0 Å². The predicted octanol–water partition coefficient (Wildman–Crippen LogP) is 12.7. The summed E-state index contributed by atoms with van der Waals surface area (Å²) in [4.78, 5) is 33.5. The first-order chi connectivity index (χ1) is 28.5. The van der Waals surface area contributed by atoms with E-state index in [-0.39, 0.29) is 19.0 Å². The normalized spacial score (nSPS) is 12.1. The summed E-state index contributed by atoms with van der Waals surface area (Å²) in [5.41, 5.74) is 20.9. The third kappa shape index (κ3) is 5.27. The Kier molecular flexibility index (Phi) is 8.18. The molecule has 280 valence electrons. The number of fused-ring (bicyclic) bond motifs is 12. The van der Waals surface area contributed by atoms with Crippen LogP contribution < -0.4 is 11.5 Å². The molecular weight excluding hydrogens is 725 g/mol. The maximum atomic E-state index is 11.5. The van der Waals surface area contributed by atoms with Gasteiger partial charge in [0.15, 0.2) is 0 Å². The van der Waals surface area contributed by atoms with Crippen LogP contribution in [0.1, 0.15) is 28.1 Å². The van der Waals surface area contributed by atoms with Gasteiger partial charge in [-0.25, -0.2) is 9.97 Å². The van der Waals surface area contributed by atoms with Crippen molar-refractivity contribution in [2.24, 2.45) is 0 Å². The highest BCUT2D eigenvalue weighted by Crippen LogP contribution is 2.47. The van der Waals surface area contributed by atoms with E-state index in [1.54, 1.807) is 24.3 Å². The molecule has 10 aromatic carbocycles. The average Bonchev–Trinajstić information content (AvgIpc) is 3.74. The molecule has 13 rings (SSSR count). The molecule has 2 aliphatic rings. The topological polar surface area (TPSA) is 112 Å². The van der Waals surface area contributed by atoms with Gasteiger partial charge in [-0.1, -0.05) is 177 Å². The fourth-order valence-electron chi connectivity index (χ4n) is 8.93. The van der Waals surface area contributed by atoms with Crippen molar-refractivity contribution in [2.75, 3.05) is 11.5 Å². The molecule has 6 heteroatoms. The molecule has 0 unspecified atom stereocenters. The minimum atomic E-state index is -0.378. The minimum absolute atomic E-state index is 0. The fraction of sp³-hybridized carbons (Fsp3) is 0.0189. The SMILES string of the molecule is C.Nc1c(N)c2ccccc2c2ccccc12.O=C1C(=O)c2cccc3cccc1c23.c1cc2c3c(cccc3c1)-c1nc3c4ccccc4c4ccccc4c3nc1-2. The highest BCUT2D eigenvalue weighted by Gasteiger charge is 2.30. The zero-order valence-corrected chi connectivity index (χ0v) is 31.0. The van der Waals surface area contributed by atoms with Crippen molar-refractivity contribution in [3.05, 3.63) is 181 Å². The molecule has 0 saturated carbocycles. The molecule has 0 amide bonds. The van der Waals surface area contributed by atoms with Crippen LogP contribution in [-0.2, 0) is 0 Å². The van der Waals surface area contributed by atoms with Crippen molar-refractivity contribution < 1.29 is 9.59 Å². The summed E-state index contributed by atoms with van der Waals surface area (Å²) >= 11 is 0. The number of benzene rings is 10. The molecule has 0 fully saturated rings. The number of carbonyl (C=O) groups is 2. The number of nitrogens with zero attached hydrogens (tertiary/aromatic N) is 2. The number of anilines is 2. The van der Waals surface area contributed by atoms with E-state index < -0.39 is 0 Å². The molecule has 1 heterocycles. The van der Waals surface area contributed by atoms with Crippen LogP contribution in [0.4, 0.5) is 11.4 Å². The number of carbonyl (C=O) groups excluding carboxylic acids is 2. The molecule has 11 aromatic rings.